The summed E-state index contributed by atoms with van der Waals surface area (Å²) in [5.74, 6) is -1.43. The molecule has 3 rings (SSSR count). The average molecular weight is 769 g/mol. The molecular formula is C36H56N4O10S2. The van der Waals surface area contributed by atoms with Gasteiger partial charge in [0.2, 0.25) is 31.9 Å². The molecular weight excluding hydrogens is 713 g/mol. The van der Waals surface area contributed by atoms with Crippen molar-refractivity contribution < 1.29 is 45.4 Å². The van der Waals surface area contributed by atoms with Gasteiger partial charge in [0, 0.05) is 26.2 Å². The van der Waals surface area contributed by atoms with Crippen molar-refractivity contribution in [1.29, 1.82) is 0 Å². The zero-order chi connectivity index (χ0) is 38.3. The second-order valence-corrected chi connectivity index (χ2v) is 16.8. The molecule has 1 aliphatic rings. The Hall–Kier alpha value is -2.96. The molecule has 2 aromatic rings. The van der Waals surface area contributed by atoms with Crippen LogP contribution in [0.3, 0.4) is 0 Å². The van der Waals surface area contributed by atoms with E-state index < -0.39 is 32.1 Å². The Labute approximate surface area is 309 Å². The van der Waals surface area contributed by atoms with Crippen LogP contribution in [-0.4, -0.2) is 130 Å². The molecule has 14 nitrogen and oxygen atoms in total. The van der Waals surface area contributed by atoms with E-state index in [1.54, 1.807) is 52.0 Å². The van der Waals surface area contributed by atoms with Gasteiger partial charge >= 0.3 is 0 Å². The lowest BCUT2D eigenvalue weighted by Gasteiger charge is -2.30. The molecule has 0 aromatic heterocycles. The molecule has 52 heavy (non-hydrogen) atoms. The summed E-state index contributed by atoms with van der Waals surface area (Å²) >= 11 is 0. The van der Waals surface area contributed by atoms with Gasteiger partial charge in [0.05, 0.1) is 62.6 Å². The molecule has 2 unspecified atom stereocenters. The van der Waals surface area contributed by atoms with Crippen LogP contribution >= 0.6 is 0 Å². The molecule has 0 radical (unpaired) electrons. The number of carbonyl (C=O) groups excluding carboxylic acids is 2. The van der Waals surface area contributed by atoms with Gasteiger partial charge in [-0.05, 0) is 49.9 Å². The van der Waals surface area contributed by atoms with E-state index in [0.717, 1.165) is 11.1 Å². The standard InChI is InChI=1S/C36H56N4O10S2/c1-27(2)33(37-51(43,44)31-11-7-29(5)8-12-31)35(41)39-15-19-47-23-25-49-21-17-40(18-22-50-26-24-48-20-16-39)36(42)34(28(3)4)38-52(45,46)32-13-9-30(6)10-14-32/h7-14,27-28,33-34,37-38H,15-26H2,1-6H3. The summed E-state index contributed by atoms with van der Waals surface area (Å²) in [7, 11) is -7.91. The summed E-state index contributed by atoms with van der Waals surface area (Å²) in [6.07, 6.45) is 0. The number of rotatable bonds is 10. The summed E-state index contributed by atoms with van der Waals surface area (Å²) in [6, 6.07) is 10.9. The Morgan fingerprint density at radius 3 is 1.04 bits per heavy atom. The molecule has 0 spiro atoms. The first kappa shape index (κ1) is 43.4. The van der Waals surface area contributed by atoms with E-state index in [1.165, 1.54) is 34.1 Å². The van der Waals surface area contributed by atoms with Gasteiger partial charge < -0.3 is 28.7 Å². The van der Waals surface area contributed by atoms with Gasteiger partial charge in [0.1, 0.15) is 12.1 Å². The number of hydrogen-bond acceptors (Lipinski definition) is 10. The summed E-state index contributed by atoms with van der Waals surface area (Å²) in [4.78, 5) is 30.7. The third-order valence-electron chi connectivity index (χ3n) is 8.48. The molecule has 16 heteroatoms. The molecule has 1 fully saturated rings. The largest absolute Gasteiger partial charge is 0.377 e. The van der Waals surface area contributed by atoms with E-state index >= 15 is 0 Å². The smallest absolute Gasteiger partial charge is 0.241 e. The molecule has 1 saturated heterocycles. The number of amides is 2. The number of hydrogen-bond donors (Lipinski definition) is 2. The van der Waals surface area contributed by atoms with E-state index in [0.29, 0.717) is 0 Å². The first-order valence-electron chi connectivity index (χ1n) is 17.7. The van der Waals surface area contributed by atoms with Crippen LogP contribution in [-0.2, 0) is 48.6 Å². The molecule has 0 bridgehead atoms. The fourth-order valence-electron chi connectivity index (χ4n) is 5.25. The van der Waals surface area contributed by atoms with Gasteiger partial charge in [-0.1, -0.05) is 63.1 Å². The number of benzene rings is 2. The monoisotopic (exact) mass is 768 g/mol. The summed E-state index contributed by atoms with van der Waals surface area (Å²) in [5, 5.41) is 0. The highest BCUT2D eigenvalue weighted by atomic mass is 32.2. The van der Waals surface area contributed by atoms with Crippen LogP contribution in [0, 0.1) is 25.7 Å². The quantitative estimate of drug-likeness (QED) is 0.366. The van der Waals surface area contributed by atoms with Crippen molar-refractivity contribution in [1.82, 2.24) is 19.2 Å². The first-order chi connectivity index (χ1) is 24.6. The molecule has 1 aliphatic heterocycles. The number of aryl methyl sites for hydroxylation is 2. The van der Waals surface area contributed by atoms with E-state index in [2.05, 4.69) is 9.44 Å². The number of sulfonamides is 2. The topological polar surface area (TPSA) is 170 Å². The van der Waals surface area contributed by atoms with Crippen molar-refractivity contribution in [2.45, 2.75) is 63.4 Å². The number of nitrogens with one attached hydrogen (secondary N) is 2. The van der Waals surface area contributed by atoms with Crippen molar-refractivity contribution in [2.24, 2.45) is 11.8 Å². The molecule has 292 valence electrons. The molecule has 0 aliphatic carbocycles. The Morgan fingerprint density at radius 2 is 0.788 bits per heavy atom. The minimum Gasteiger partial charge on any atom is -0.377 e. The maximum Gasteiger partial charge on any atom is 0.241 e. The van der Waals surface area contributed by atoms with Crippen LogP contribution in [0.25, 0.3) is 0 Å². The second kappa shape index (κ2) is 21.1. The van der Waals surface area contributed by atoms with E-state index in [-0.39, 0.29) is 112 Å². The second-order valence-electron chi connectivity index (χ2n) is 13.4. The van der Waals surface area contributed by atoms with Gasteiger partial charge in [-0.3, -0.25) is 9.59 Å². The highest BCUT2D eigenvalue weighted by Gasteiger charge is 2.33. The van der Waals surface area contributed by atoms with Gasteiger partial charge in [0.15, 0.2) is 0 Å². The van der Waals surface area contributed by atoms with Gasteiger partial charge in [-0.15, -0.1) is 0 Å². The van der Waals surface area contributed by atoms with Crippen LogP contribution in [0.15, 0.2) is 58.3 Å². The number of nitrogens with zero attached hydrogens (tertiary/aromatic N) is 2. The average Bonchev–Trinajstić information content (AvgIpc) is 3.09. The van der Waals surface area contributed by atoms with Crippen molar-refractivity contribution in [3.05, 3.63) is 59.7 Å². The van der Waals surface area contributed by atoms with Crippen molar-refractivity contribution in [2.75, 3.05) is 79.0 Å². The van der Waals surface area contributed by atoms with Crippen LogP contribution in [0.1, 0.15) is 38.8 Å². The van der Waals surface area contributed by atoms with E-state index in [9.17, 15) is 26.4 Å². The fourth-order valence-corrected chi connectivity index (χ4v) is 7.92. The Balaban J connectivity index is 1.61. The summed E-state index contributed by atoms with van der Waals surface area (Å²) < 4.78 is 80.9. The fraction of sp³-hybridized carbons (Fsp3) is 0.611. The van der Waals surface area contributed by atoms with Gasteiger partial charge in [-0.2, -0.15) is 9.44 Å². The molecule has 1 heterocycles. The lowest BCUT2D eigenvalue weighted by Crippen LogP contribution is -2.52. The SMILES string of the molecule is Cc1ccc(S(=O)(=O)NC(C(=O)N2CCOCCOCCN(C(=O)C(NS(=O)(=O)c3ccc(C)cc3)C(C)C)CCOCCOCC2)C(C)C)cc1. The zero-order valence-corrected chi connectivity index (χ0v) is 32.8. The minimum atomic E-state index is -3.96. The molecule has 2 N–H and O–H groups in total. The molecule has 0 saturated carbocycles. The van der Waals surface area contributed by atoms with E-state index in [1.807, 2.05) is 13.8 Å². The lowest BCUT2D eigenvalue weighted by atomic mass is 10.0. The molecule has 2 amide bonds. The third kappa shape index (κ3) is 13.8. The highest BCUT2D eigenvalue weighted by Crippen LogP contribution is 2.16. The van der Waals surface area contributed by atoms with Crippen LogP contribution in [0.2, 0.25) is 0 Å². The predicted molar refractivity (Wildman–Crippen MR) is 197 cm³/mol. The maximum atomic E-state index is 13.7. The van der Waals surface area contributed by atoms with Gasteiger partial charge in [-0.25, -0.2) is 16.8 Å². The van der Waals surface area contributed by atoms with Crippen LogP contribution in [0.4, 0.5) is 0 Å². The van der Waals surface area contributed by atoms with Gasteiger partial charge in [0.25, 0.3) is 0 Å². The third-order valence-corrected chi connectivity index (χ3v) is 11.4. The summed E-state index contributed by atoms with van der Waals surface area (Å²) in [6.45, 7) is 13.2. The maximum absolute atomic E-state index is 13.7. The highest BCUT2D eigenvalue weighted by molar-refractivity contribution is 7.89. The van der Waals surface area contributed by atoms with Crippen molar-refractivity contribution in [3.63, 3.8) is 0 Å². The lowest BCUT2D eigenvalue weighted by molar-refractivity contribution is -0.137. The zero-order valence-electron chi connectivity index (χ0n) is 31.2. The predicted octanol–water partition coefficient (Wildman–Crippen LogP) is 2.35. The Morgan fingerprint density at radius 1 is 0.519 bits per heavy atom. The normalized spacial score (nSPS) is 18.1. The Bertz CT molecular complexity index is 1480. The number of carbonyl (C=O) groups is 2. The van der Waals surface area contributed by atoms with Crippen LogP contribution in [0.5, 0.6) is 0 Å². The van der Waals surface area contributed by atoms with Crippen molar-refractivity contribution in [3.8, 4) is 0 Å². The Kier molecular flexibility index (Phi) is 17.6. The summed E-state index contributed by atoms with van der Waals surface area (Å²) in [5.41, 5.74) is 1.84. The van der Waals surface area contributed by atoms with Crippen molar-refractivity contribution >= 4 is 31.9 Å². The van der Waals surface area contributed by atoms with Crippen LogP contribution < -0.4 is 9.44 Å². The number of ether oxygens (including phenoxy) is 4. The molecule has 2 aromatic carbocycles. The van der Waals surface area contributed by atoms with E-state index in [4.69, 9.17) is 18.9 Å². The first-order valence-corrected chi connectivity index (χ1v) is 20.7. The minimum absolute atomic E-state index is 0.0814. The molecule has 2 atom stereocenters.